The predicted octanol–water partition coefficient (Wildman–Crippen LogP) is 1.79. The quantitative estimate of drug-likeness (QED) is 0.794. The van der Waals surface area contributed by atoms with Crippen molar-refractivity contribution in [2.75, 3.05) is 25.0 Å². The summed E-state index contributed by atoms with van der Waals surface area (Å²) in [6.45, 7) is 3.12. The normalized spacial score (nSPS) is 23.6. The van der Waals surface area contributed by atoms with Crippen LogP contribution in [0.25, 0.3) is 0 Å². The zero-order valence-corrected chi connectivity index (χ0v) is 9.46. The first kappa shape index (κ1) is 9.97. The Morgan fingerprint density at radius 2 is 2.25 bits per heavy atom. The van der Waals surface area contributed by atoms with Gasteiger partial charge in [0.15, 0.2) is 0 Å². The van der Waals surface area contributed by atoms with E-state index in [2.05, 4.69) is 28.8 Å². The molecule has 0 bridgehead atoms. The van der Waals surface area contributed by atoms with E-state index in [0.29, 0.717) is 6.10 Å². The Bertz CT molecular complexity index is 372. The smallest absolute Gasteiger partial charge is 0.143 e. The third kappa shape index (κ3) is 1.87. The largest absolute Gasteiger partial charge is 0.487 e. The van der Waals surface area contributed by atoms with Crippen LogP contribution in [0.5, 0.6) is 5.75 Å². The fourth-order valence-corrected chi connectivity index (χ4v) is 2.48. The third-order valence-electron chi connectivity index (χ3n) is 3.35. The average Bonchev–Trinajstić information content (AvgIpc) is 2.82. The molecule has 16 heavy (non-hydrogen) atoms. The third-order valence-corrected chi connectivity index (χ3v) is 3.35. The Morgan fingerprint density at radius 1 is 1.25 bits per heavy atom. The molecule has 2 heterocycles. The van der Waals surface area contributed by atoms with E-state index in [1.807, 2.05) is 0 Å². The molecule has 2 aliphatic heterocycles. The highest BCUT2D eigenvalue weighted by molar-refractivity contribution is 5.63. The summed E-state index contributed by atoms with van der Waals surface area (Å²) in [6, 6.07) is 6.38. The molecule has 0 aliphatic carbocycles. The van der Waals surface area contributed by atoms with Gasteiger partial charge >= 0.3 is 0 Å². The van der Waals surface area contributed by atoms with Crippen LogP contribution < -0.4 is 15.4 Å². The summed E-state index contributed by atoms with van der Waals surface area (Å²) in [7, 11) is 0. The van der Waals surface area contributed by atoms with E-state index in [1.54, 1.807) is 0 Å². The van der Waals surface area contributed by atoms with E-state index in [0.717, 1.165) is 31.8 Å². The van der Waals surface area contributed by atoms with Crippen LogP contribution in [0.2, 0.25) is 0 Å². The second kappa shape index (κ2) is 4.34. The zero-order chi connectivity index (χ0) is 10.8. The molecule has 0 radical (unpaired) electrons. The molecule has 0 saturated carbocycles. The Morgan fingerprint density at radius 3 is 3.12 bits per heavy atom. The van der Waals surface area contributed by atoms with Gasteiger partial charge < -0.3 is 15.4 Å². The van der Waals surface area contributed by atoms with E-state index < -0.39 is 0 Å². The lowest BCUT2D eigenvalue weighted by atomic mass is 10.0. The van der Waals surface area contributed by atoms with Gasteiger partial charge in [-0.3, -0.25) is 0 Å². The van der Waals surface area contributed by atoms with Crippen molar-refractivity contribution in [3.8, 4) is 5.75 Å². The number of benzene rings is 1. The van der Waals surface area contributed by atoms with Crippen molar-refractivity contribution in [3.05, 3.63) is 23.8 Å². The molecule has 86 valence electrons. The molecule has 0 amide bonds. The number of aryl methyl sites for hydroxylation is 1. The minimum Gasteiger partial charge on any atom is -0.487 e. The predicted molar refractivity (Wildman–Crippen MR) is 65.2 cm³/mol. The summed E-state index contributed by atoms with van der Waals surface area (Å²) in [4.78, 5) is 0. The van der Waals surface area contributed by atoms with Gasteiger partial charge in [0.05, 0.1) is 5.69 Å². The summed E-state index contributed by atoms with van der Waals surface area (Å²) in [5, 5.41) is 6.79. The molecular formula is C13H18N2O. The molecule has 1 atom stereocenters. The fourth-order valence-electron chi connectivity index (χ4n) is 2.48. The summed E-state index contributed by atoms with van der Waals surface area (Å²) in [5.74, 6) is 1.03. The second-order valence-corrected chi connectivity index (χ2v) is 4.55. The van der Waals surface area contributed by atoms with Gasteiger partial charge in [-0.15, -0.1) is 0 Å². The minimum absolute atomic E-state index is 0.343. The van der Waals surface area contributed by atoms with E-state index in [-0.39, 0.29) is 0 Å². The Balaban J connectivity index is 1.82. The first-order valence-corrected chi connectivity index (χ1v) is 6.16. The summed E-state index contributed by atoms with van der Waals surface area (Å²) in [5.41, 5.74) is 2.62. The van der Waals surface area contributed by atoms with Crippen molar-refractivity contribution in [3.63, 3.8) is 0 Å². The van der Waals surface area contributed by atoms with Crippen LogP contribution in [-0.4, -0.2) is 25.7 Å². The minimum atomic E-state index is 0.343. The molecule has 0 spiro atoms. The standard InChI is InChI=1S/C13H18N2O/c1-3-10-4-2-7-15-13(10)12(5-1)16-11-6-8-14-9-11/h1,3,5,11,14-15H,2,4,6-9H2. The van der Waals surface area contributed by atoms with Crippen LogP contribution in [0.15, 0.2) is 18.2 Å². The zero-order valence-electron chi connectivity index (χ0n) is 9.46. The summed E-state index contributed by atoms with van der Waals surface area (Å²) in [6.07, 6.45) is 3.85. The average molecular weight is 218 g/mol. The highest BCUT2D eigenvalue weighted by Gasteiger charge is 2.19. The molecule has 1 saturated heterocycles. The molecule has 1 aromatic carbocycles. The Kier molecular flexibility index (Phi) is 2.70. The molecule has 1 fully saturated rings. The van der Waals surface area contributed by atoms with Crippen molar-refractivity contribution in [1.29, 1.82) is 0 Å². The molecule has 3 nitrogen and oxygen atoms in total. The highest BCUT2D eigenvalue weighted by Crippen LogP contribution is 2.33. The van der Waals surface area contributed by atoms with E-state index >= 15 is 0 Å². The number of rotatable bonds is 2. The van der Waals surface area contributed by atoms with Crippen LogP contribution in [0.4, 0.5) is 5.69 Å². The van der Waals surface area contributed by atoms with Gasteiger partial charge in [0.2, 0.25) is 0 Å². The fraction of sp³-hybridized carbons (Fsp3) is 0.538. The first-order valence-electron chi connectivity index (χ1n) is 6.16. The van der Waals surface area contributed by atoms with Gasteiger partial charge in [-0.05, 0) is 37.4 Å². The lowest BCUT2D eigenvalue weighted by Gasteiger charge is -2.23. The topological polar surface area (TPSA) is 33.3 Å². The summed E-state index contributed by atoms with van der Waals surface area (Å²) >= 11 is 0. The van der Waals surface area contributed by atoms with Crippen LogP contribution in [0.3, 0.4) is 0 Å². The van der Waals surface area contributed by atoms with Gasteiger partial charge in [-0.2, -0.15) is 0 Å². The molecule has 2 N–H and O–H groups in total. The Labute approximate surface area is 96.2 Å². The SMILES string of the molecule is c1cc2c(c(OC3CCNC3)c1)NCCC2. The molecule has 3 rings (SSSR count). The highest BCUT2D eigenvalue weighted by atomic mass is 16.5. The molecular weight excluding hydrogens is 200 g/mol. The number of hydrogen-bond donors (Lipinski definition) is 2. The van der Waals surface area contributed by atoms with Gasteiger partial charge in [-0.25, -0.2) is 0 Å². The van der Waals surface area contributed by atoms with Crippen molar-refractivity contribution < 1.29 is 4.74 Å². The van der Waals surface area contributed by atoms with Gasteiger partial charge in [-0.1, -0.05) is 12.1 Å². The molecule has 3 heteroatoms. The van der Waals surface area contributed by atoms with E-state index in [1.165, 1.54) is 24.1 Å². The van der Waals surface area contributed by atoms with Crippen LogP contribution >= 0.6 is 0 Å². The van der Waals surface area contributed by atoms with E-state index in [9.17, 15) is 0 Å². The van der Waals surface area contributed by atoms with Crippen LogP contribution in [0.1, 0.15) is 18.4 Å². The lowest BCUT2D eigenvalue weighted by Crippen LogP contribution is -2.21. The number of ether oxygens (including phenoxy) is 1. The van der Waals surface area contributed by atoms with Crippen molar-refractivity contribution in [1.82, 2.24) is 5.32 Å². The number of anilines is 1. The van der Waals surface area contributed by atoms with Gasteiger partial charge in [0.1, 0.15) is 11.9 Å². The summed E-state index contributed by atoms with van der Waals surface area (Å²) < 4.78 is 6.05. The van der Waals surface area contributed by atoms with Crippen LogP contribution in [-0.2, 0) is 6.42 Å². The molecule has 0 aromatic heterocycles. The second-order valence-electron chi connectivity index (χ2n) is 4.55. The monoisotopic (exact) mass is 218 g/mol. The lowest BCUT2D eigenvalue weighted by molar-refractivity contribution is 0.224. The number of fused-ring (bicyclic) bond motifs is 1. The van der Waals surface area contributed by atoms with Gasteiger partial charge in [0.25, 0.3) is 0 Å². The van der Waals surface area contributed by atoms with Crippen molar-refractivity contribution in [2.24, 2.45) is 0 Å². The number of para-hydroxylation sites is 1. The number of hydrogen-bond acceptors (Lipinski definition) is 3. The van der Waals surface area contributed by atoms with Gasteiger partial charge in [0, 0.05) is 13.1 Å². The maximum Gasteiger partial charge on any atom is 0.143 e. The maximum atomic E-state index is 6.05. The van der Waals surface area contributed by atoms with Crippen molar-refractivity contribution >= 4 is 5.69 Å². The molecule has 2 aliphatic rings. The van der Waals surface area contributed by atoms with E-state index in [4.69, 9.17) is 4.74 Å². The molecule has 1 aromatic rings. The number of nitrogens with one attached hydrogen (secondary N) is 2. The van der Waals surface area contributed by atoms with Crippen LogP contribution in [0, 0.1) is 0 Å². The van der Waals surface area contributed by atoms with Crippen molar-refractivity contribution in [2.45, 2.75) is 25.4 Å². The molecule has 1 unspecified atom stereocenters. The Hall–Kier alpha value is -1.22. The maximum absolute atomic E-state index is 6.05. The first-order chi connectivity index (χ1) is 7.93.